The number of aryl methyl sites for hydroxylation is 2. The van der Waals surface area contributed by atoms with Crippen molar-refractivity contribution < 1.29 is 0 Å². The van der Waals surface area contributed by atoms with Crippen LogP contribution in [-0.4, -0.2) is 9.55 Å². The van der Waals surface area contributed by atoms with E-state index in [-0.39, 0.29) is 0 Å². The second kappa shape index (κ2) is 4.48. The predicted molar refractivity (Wildman–Crippen MR) is 66.9 cm³/mol. The van der Waals surface area contributed by atoms with Gasteiger partial charge in [-0.05, 0) is 26.0 Å². The number of nitrogens with zero attached hydrogens (tertiary/aromatic N) is 2. The predicted octanol–water partition coefficient (Wildman–Crippen LogP) is 3.99. The Bertz CT molecular complexity index is 518. The molecule has 2 aromatic rings. The molecule has 2 nitrogen and oxygen atoms in total. The van der Waals surface area contributed by atoms with Crippen molar-refractivity contribution in [3.05, 3.63) is 40.3 Å². The largest absolute Gasteiger partial charge is 0.321 e. The van der Waals surface area contributed by atoms with Gasteiger partial charge in [0, 0.05) is 12.1 Å². The quantitative estimate of drug-likeness (QED) is 0.792. The molecular weight excluding hydrogens is 243 g/mol. The van der Waals surface area contributed by atoms with Crippen LogP contribution in [0.1, 0.15) is 12.6 Å². The van der Waals surface area contributed by atoms with Gasteiger partial charge in [-0.1, -0.05) is 29.3 Å². The molecular formula is C12H11Cl2N2. The van der Waals surface area contributed by atoms with Crippen LogP contribution >= 0.6 is 23.2 Å². The van der Waals surface area contributed by atoms with Crippen LogP contribution in [-0.2, 0) is 6.54 Å². The molecule has 0 bridgehead atoms. The van der Waals surface area contributed by atoms with Crippen molar-refractivity contribution in [3.8, 4) is 11.3 Å². The van der Waals surface area contributed by atoms with Crippen LogP contribution in [0.25, 0.3) is 11.3 Å². The number of aromatic nitrogens is 2. The third kappa shape index (κ3) is 1.95. The molecule has 0 aliphatic heterocycles. The minimum Gasteiger partial charge on any atom is -0.321 e. The van der Waals surface area contributed by atoms with E-state index in [0.717, 1.165) is 23.5 Å². The van der Waals surface area contributed by atoms with Gasteiger partial charge in [0.25, 0.3) is 0 Å². The lowest BCUT2D eigenvalue weighted by molar-refractivity contribution is 0.761. The molecule has 83 valence electrons. The zero-order valence-electron chi connectivity index (χ0n) is 9.09. The average molecular weight is 254 g/mol. The molecule has 0 aliphatic rings. The Morgan fingerprint density at radius 3 is 2.69 bits per heavy atom. The summed E-state index contributed by atoms with van der Waals surface area (Å²) in [7, 11) is 0. The molecule has 0 saturated heterocycles. The minimum absolute atomic E-state index is 0.558. The van der Waals surface area contributed by atoms with E-state index in [1.165, 1.54) is 0 Å². The summed E-state index contributed by atoms with van der Waals surface area (Å²) in [4.78, 5) is 4.18. The average Bonchev–Trinajstić information content (AvgIpc) is 2.64. The standard InChI is InChI=1S/C12H11Cl2N2/c1-3-16-7-15-8(2)12(16)9-4-5-10(13)11(14)6-9/h4-6H,3H2,1-2H3. The Morgan fingerprint density at radius 2 is 2.06 bits per heavy atom. The van der Waals surface area contributed by atoms with Crippen LogP contribution in [0.5, 0.6) is 0 Å². The summed E-state index contributed by atoms with van der Waals surface area (Å²) in [6, 6.07) is 5.60. The fourth-order valence-corrected chi connectivity index (χ4v) is 1.97. The van der Waals surface area contributed by atoms with Crippen molar-refractivity contribution in [3.63, 3.8) is 0 Å². The highest BCUT2D eigenvalue weighted by Gasteiger charge is 2.10. The monoisotopic (exact) mass is 253 g/mol. The minimum atomic E-state index is 0.558. The fraction of sp³-hybridized carbons (Fsp3) is 0.250. The zero-order chi connectivity index (χ0) is 11.7. The SMILES string of the molecule is CCn1[c]nc(C)c1-c1ccc(Cl)c(Cl)c1. The topological polar surface area (TPSA) is 17.8 Å². The van der Waals surface area contributed by atoms with Crippen molar-refractivity contribution in [1.29, 1.82) is 0 Å². The van der Waals surface area contributed by atoms with Gasteiger partial charge in [0.15, 0.2) is 6.33 Å². The number of benzene rings is 1. The summed E-state index contributed by atoms with van der Waals surface area (Å²) < 4.78 is 1.97. The molecule has 2 rings (SSSR count). The van der Waals surface area contributed by atoms with Gasteiger partial charge in [-0.3, -0.25) is 0 Å². The second-order valence-electron chi connectivity index (χ2n) is 3.52. The molecule has 1 aromatic carbocycles. The number of imidazole rings is 1. The smallest absolute Gasteiger partial charge is 0.177 e. The molecule has 16 heavy (non-hydrogen) atoms. The summed E-state index contributed by atoms with van der Waals surface area (Å²) in [5.74, 6) is 0. The number of halogens is 2. The first-order valence-corrected chi connectivity index (χ1v) is 5.79. The Hall–Kier alpha value is -0.990. The third-order valence-corrected chi connectivity index (χ3v) is 3.20. The first-order valence-electron chi connectivity index (χ1n) is 5.03. The molecule has 0 amide bonds. The lowest BCUT2D eigenvalue weighted by Gasteiger charge is -2.07. The maximum atomic E-state index is 6.01. The molecule has 0 unspecified atom stereocenters. The van der Waals surface area contributed by atoms with E-state index in [2.05, 4.69) is 18.2 Å². The fourth-order valence-electron chi connectivity index (χ4n) is 1.67. The lowest BCUT2D eigenvalue weighted by atomic mass is 10.1. The number of hydrogen-bond donors (Lipinski definition) is 0. The van der Waals surface area contributed by atoms with E-state index < -0.39 is 0 Å². The van der Waals surface area contributed by atoms with Crippen molar-refractivity contribution in [2.75, 3.05) is 0 Å². The van der Waals surface area contributed by atoms with Crippen LogP contribution in [0, 0.1) is 13.3 Å². The van der Waals surface area contributed by atoms with Crippen LogP contribution < -0.4 is 0 Å². The molecule has 0 saturated carbocycles. The van der Waals surface area contributed by atoms with Gasteiger partial charge < -0.3 is 4.57 Å². The van der Waals surface area contributed by atoms with E-state index in [9.17, 15) is 0 Å². The van der Waals surface area contributed by atoms with Gasteiger partial charge in [0.2, 0.25) is 0 Å². The Balaban J connectivity index is 2.57. The van der Waals surface area contributed by atoms with Gasteiger partial charge in [-0.2, -0.15) is 0 Å². The molecule has 0 atom stereocenters. The molecule has 4 heteroatoms. The molecule has 0 aliphatic carbocycles. The van der Waals surface area contributed by atoms with Gasteiger partial charge >= 0.3 is 0 Å². The highest BCUT2D eigenvalue weighted by molar-refractivity contribution is 6.42. The maximum Gasteiger partial charge on any atom is 0.177 e. The summed E-state index contributed by atoms with van der Waals surface area (Å²) in [5, 5.41) is 1.12. The van der Waals surface area contributed by atoms with E-state index in [1.807, 2.05) is 23.6 Å². The Morgan fingerprint density at radius 1 is 1.31 bits per heavy atom. The molecule has 1 aromatic heterocycles. The summed E-state index contributed by atoms with van der Waals surface area (Å²) in [6.45, 7) is 4.84. The van der Waals surface area contributed by atoms with Gasteiger partial charge in [-0.25, -0.2) is 4.98 Å². The van der Waals surface area contributed by atoms with Crippen LogP contribution in [0.2, 0.25) is 10.0 Å². The third-order valence-electron chi connectivity index (χ3n) is 2.46. The van der Waals surface area contributed by atoms with Crippen molar-refractivity contribution in [1.82, 2.24) is 9.55 Å². The van der Waals surface area contributed by atoms with E-state index in [4.69, 9.17) is 23.2 Å². The maximum absolute atomic E-state index is 6.01. The van der Waals surface area contributed by atoms with Crippen molar-refractivity contribution >= 4 is 23.2 Å². The molecule has 1 heterocycles. The molecule has 0 N–H and O–H groups in total. The lowest BCUT2D eigenvalue weighted by Crippen LogP contribution is -1.96. The molecule has 0 spiro atoms. The van der Waals surface area contributed by atoms with E-state index >= 15 is 0 Å². The van der Waals surface area contributed by atoms with E-state index in [0.29, 0.717) is 10.0 Å². The molecule has 1 radical (unpaired) electrons. The van der Waals surface area contributed by atoms with Crippen LogP contribution in [0.4, 0.5) is 0 Å². The van der Waals surface area contributed by atoms with Gasteiger partial charge in [0.05, 0.1) is 21.4 Å². The normalized spacial score (nSPS) is 10.8. The zero-order valence-corrected chi connectivity index (χ0v) is 10.6. The van der Waals surface area contributed by atoms with Gasteiger partial charge in [-0.15, -0.1) is 0 Å². The van der Waals surface area contributed by atoms with E-state index in [1.54, 1.807) is 6.07 Å². The van der Waals surface area contributed by atoms with Crippen LogP contribution in [0.3, 0.4) is 0 Å². The first kappa shape index (κ1) is 11.5. The Kier molecular flexibility index (Phi) is 3.22. The van der Waals surface area contributed by atoms with Gasteiger partial charge in [0.1, 0.15) is 0 Å². The Labute approximate surface area is 105 Å². The summed E-state index contributed by atoms with van der Waals surface area (Å²) in [5.41, 5.74) is 3.00. The highest BCUT2D eigenvalue weighted by atomic mass is 35.5. The van der Waals surface area contributed by atoms with Crippen molar-refractivity contribution in [2.24, 2.45) is 0 Å². The first-order chi connectivity index (χ1) is 7.63. The van der Waals surface area contributed by atoms with Crippen molar-refractivity contribution in [2.45, 2.75) is 20.4 Å². The highest BCUT2D eigenvalue weighted by Crippen LogP contribution is 2.29. The second-order valence-corrected chi connectivity index (χ2v) is 4.33. The molecule has 0 fully saturated rings. The number of rotatable bonds is 2. The summed E-state index contributed by atoms with van der Waals surface area (Å²) in [6.07, 6.45) is 2.95. The van der Waals surface area contributed by atoms with Crippen LogP contribution in [0.15, 0.2) is 18.2 Å². The number of hydrogen-bond acceptors (Lipinski definition) is 1. The summed E-state index contributed by atoms with van der Waals surface area (Å²) >= 11 is 11.9.